The minimum Gasteiger partial charge on any atom is -0.396 e. The van der Waals surface area contributed by atoms with Crippen LogP contribution < -0.4 is 5.32 Å². The summed E-state index contributed by atoms with van der Waals surface area (Å²) in [5.74, 6) is 0. The van der Waals surface area contributed by atoms with Crippen LogP contribution in [0.3, 0.4) is 0 Å². The molecule has 0 aliphatic heterocycles. The number of thiazole rings is 1. The Morgan fingerprint density at radius 1 is 1.15 bits per heavy atom. The van der Waals surface area contributed by atoms with Gasteiger partial charge in [0.2, 0.25) is 0 Å². The number of aliphatic hydroxyl groups excluding tert-OH is 1. The van der Waals surface area contributed by atoms with Gasteiger partial charge in [-0.15, -0.1) is 0 Å². The summed E-state index contributed by atoms with van der Waals surface area (Å²) in [5, 5.41) is 14.7. The zero-order valence-corrected chi connectivity index (χ0v) is 16.2. The topological polar surface area (TPSA) is 62.5 Å². The largest absolute Gasteiger partial charge is 0.396 e. The van der Waals surface area contributed by atoms with Crippen molar-refractivity contribution in [3.63, 3.8) is 0 Å². The molecule has 5 nitrogen and oxygen atoms in total. The normalized spacial score (nSPS) is 11.4. The Morgan fingerprint density at radius 2 is 1.96 bits per heavy atom. The third-order valence-corrected chi connectivity index (χ3v) is 5.22. The maximum atomic E-state index is 9.27. The molecule has 0 aliphatic rings. The molecule has 0 fully saturated rings. The highest BCUT2D eigenvalue weighted by molar-refractivity contribution is 7.18. The molecular formula is C21H22N4OS. The average molecular weight is 379 g/mol. The Labute approximate surface area is 162 Å². The SMILES string of the molecule is CC(C)Nc1cnc(-c2cc(-c3ccccc3)c3nc(CCO)cn3c2)s1. The standard InChI is InChI=1S/C21H22N4OS/c1-14(2)23-19-11-22-21(27-19)16-10-18(15-6-4-3-5-7-15)20-24-17(8-9-26)13-25(20)12-16/h3-7,10-14,23,26H,8-9H2,1-2H3. The molecule has 0 atom stereocenters. The first-order valence-corrected chi connectivity index (χ1v) is 9.86. The molecule has 1 aromatic carbocycles. The molecule has 0 radical (unpaired) electrons. The van der Waals surface area contributed by atoms with Crippen LogP contribution in [-0.4, -0.2) is 32.1 Å². The summed E-state index contributed by atoms with van der Waals surface area (Å²) in [5.41, 5.74) is 5.00. The van der Waals surface area contributed by atoms with Crippen LogP contribution >= 0.6 is 11.3 Å². The molecule has 0 unspecified atom stereocenters. The second-order valence-electron chi connectivity index (χ2n) is 6.77. The number of aromatic nitrogens is 3. The highest BCUT2D eigenvalue weighted by Crippen LogP contribution is 2.33. The van der Waals surface area contributed by atoms with Gasteiger partial charge in [-0.1, -0.05) is 41.7 Å². The number of pyridine rings is 1. The molecule has 0 amide bonds. The maximum Gasteiger partial charge on any atom is 0.144 e. The van der Waals surface area contributed by atoms with E-state index in [-0.39, 0.29) is 6.61 Å². The van der Waals surface area contributed by atoms with Crippen LogP contribution in [0.1, 0.15) is 19.5 Å². The summed E-state index contributed by atoms with van der Waals surface area (Å²) in [6, 6.07) is 12.8. The van der Waals surface area contributed by atoms with Crippen molar-refractivity contribution in [1.82, 2.24) is 14.4 Å². The summed E-state index contributed by atoms with van der Waals surface area (Å²) in [7, 11) is 0. The minimum atomic E-state index is 0.0914. The number of imidazole rings is 1. The number of fused-ring (bicyclic) bond motifs is 1. The zero-order chi connectivity index (χ0) is 18.8. The van der Waals surface area contributed by atoms with Crippen molar-refractivity contribution in [1.29, 1.82) is 0 Å². The number of nitrogens with one attached hydrogen (secondary N) is 1. The lowest BCUT2D eigenvalue weighted by atomic mass is 10.1. The summed E-state index contributed by atoms with van der Waals surface area (Å²) < 4.78 is 2.04. The van der Waals surface area contributed by atoms with E-state index in [4.69, 9.17) is 4.98 Å². The molecular weight excluding hydrogens is 356 g/mol. The average Bonchev–Trinajstić information content (AvgIpc) is 3.27. The molecule has 4 aromatic rings. The van der Waals surface area contributed by atoms with Gasteiger partial charge in [0.25, 0.3) is 0 Å². The van der Waals surface area contributed by atoms with Gasteiger partial charge in [-0.05, 0) is 25.5 Å². The fourth-order valence-electron chi connectivity index (χ4n) is 3.09. The van der Waals surface area contributed by atoms with E-state index in [0.717, 1.165) is 38.0 Å². The van der Waals surface area contributed by atoms with Gasteiger partial charge in [0.05, 0.1) is 11.9 Å². The van der Waals surface area contributed by atoms with Gasteiger partial charge >= 0.3 is 0 Å². The quantitative estimate of drug-likeness (QED) is 0.519. The summed E-state index contributed by atoms with van der Waals surface area (Å²) in [6.07, 6.45) is 6.48. The molecule has 0 bridgehead atoms. The van der Waals surface area contributed by atoms with E-state index in [0.29, 0.717) is 12.5 Å². The first-order chi connectivity index (χ1) is 13.1. The van der Waals surface area contributed by atoms with Crippen molar-refractivity contribution < 1.29 is 5.11 Å². The first-order valence-electron chi connectivity index (χ1n) is 9.04. The van der Waals surface area contributed by atoms with Crippen molar-refractivity contribution in [3.8, 4) is 21.7 Å². The smallest absolute Gasteiger partial charge is 0.144 e. The number of hydrogen-bond donors (Lipinski definition) is 2. The molecule has 3 aromatic heterocycles. The van der Waals surface area contributed by atoms with Gasteiger partial charge in [0.15, 0.2) is 0 Å². The number of aliphatic hydroxyl groups is 1. The van der Waals surface area contributed by atoms with Crippen LogP contribution in [0.5, 0.6) is 0 Å². The van der Waals surface area contributed by atoms with Crippen molar-refractivity contribution >= 4 is 22.0 Å². The monoisotopic (exact) mass is 378 g/mol. The Hall–Kier alpha value is -2.70. The Morgan fingerprint density at radius 3 is 2.70 bits per heavy atom. The number of anilines is 1. The summed E-state index contributed by atoms with van der Waals surface area (Å²) in [4.78, 5) is 9.34. The van der Waals surface area contributed by atoms with Crippen molar-refractivity contribution in [2.24, 2.45) is 0 Å². The van der Waals surface area contributed by atoms with Crippen molar-refractivity contribution in [2.75, 3.05) is 11.9 Å². The molecule has 0 saturated heterocycles. The lowest BCUT2D eigenvalue weighted by Crippen LogP contribution is -2.07. The zero-order valence-electron chi connectivity index (χ0n) is 15.4. The second-order valence-corrected chi connectivity index (χ2v) is 7.80. The van der Waals surface area contributed by atoms with Gasteiger partial charge in [0.1, 0.15) is 15.7 Å². The Balaban J connectivity index is 1.85. The van der Waals surface area contributed by atoms with Crippen LogP contribution in [0.4, 0.5) is 5.00 Å². The fourth-order valence-corrected chi connectivity index (χ4v) is 4.03. The minimum absolute atomic E-state index is 0.0914. The van der Waals surface area contributed by atoms with Crippen LogP contribution in [0.15, 0.2) is 55.0 Å². The highest BCUT2D eigenvalue weighted by Gasteiger charge is 2.14. The van der Waals surface area contributed by atoms with E-state index in [1.165, 1.54) is 0 Å². The second kappa shape index (κ2) is 7.50. The van der Waals surface area contributed by atoms with Crippen LogP contribution in [-0.2, 0) is 6.42 Å². The van der Waals surface area contributed by atoms with E-state index in [9.17, 15) is 5.11 Å². The lowest BCUT2D eigenvalue weighted by Gasteiger charge is -2.07. The van der Waals surface area contributed by atoms with E-state index in [1.54, 1.807) is 11.3 Å². The molecule has 4 rings (SSSR count). The number of rotatable bonds is 6. The maximum absolute atomic E-state index is 9.27. The van der Waals surface area contributed by atoms with Crippen LogP contribution in [0, 0.1) is 0 Å². The van der Waals surface area contributed by atoms with Crippen LogP contribution in [0.25, 0.3) is 27.3 Å². The van der Waals surface area contributed by atoms with Gasteiger partial charge in [-0.25, -0.2) is 9.97 Å². The van der Waals surface area contributed by atoms with Gasteiger partial charge < -0.3 is 14.8 Å². The summed E-state index contributed by atoms with van der Waals surface area (Å²) in [6.45, 7) is 4.33. The molecule has 0 aliphatic carbocycles. The van der Waals surface area contributed by atoms with Crippen molar-refractivity contribution in [3.05, 3.63) is 60.7 Å². The molecule has 138 valence electrons. The molecule has 0 saturated carbocycles. The predicted octanol–water partition coefficient (Wildman–Crippen LogP) is 4.48. The van der Waals surface area contributed by atoms with E-state index in [2.05, 4.69) is 48.5 Å². The third kappa shape index (κ3) is 3.72. The number of nitrogens with zero attached hydrogens (tertiary/aromatic N) is 3. The first kappa shape index (κ1) is 17.7. The molecule has 6 heteroatoms. The van der Waals surface area contributed by atoms with E-state index in [1.807, 2.05) is 35.0 Å². The molecule has 0 spiro atoms. The predicted molar refractivity (Wildman–Crippen MR) is 111 cm³/mol. The Kier molecular flexibility index (Phi) is 4.92. The number of hydrogen-bond acceptors (Lipinski definition) is 5. The van der Waals surface area contributed by atoms with Crippen LogP contribution in [0.2, 0.25) is 0 Å². The fraction of sp³-hybridized carbons (Fsp3) is 0.238. The van der Waals surface area contributed by atoms with Crippen molar-refractivity contribution in [2.45, 2.75) is 26.3 Å². The number of benzene rings is 1. The lowest BCUT2D eigenvalue weighted by molar-refractivity contribution is 0.298. The third-order valence-electron chi connectivity index (χ3n) is 4.24. The van der Waals surface area contributed by atoms with E-state index < -0.39 is 0 Å². The molecule has 27 heavy (non-hydrogen) atoms. The van der Waals surface area contributed by atoms with E-state index >= 15 is 0 Å². The highest BCUT2D eigenvalue weighted by atomic mass is 32.1. The van der Waals surface area contributed by atoms with Gasteiger partial charge in [0, 0.05) is 42.6 Å². The van der Waals surface area contributed by atoms with Gasteiger partial charge in [-0.3, -0.25) is 0 Å². The summed E-state index contributed by atoms with van der Waals surface area (Å²) >= 11 is 1.65. The molecule has 3 heterocycles. The molecule has 2 N–H and O–H groups in total. The Bertz CT molecular complexity index is 1050. The van der Waals surface area contributed by atoms with Gasteiger partial charge in [-0.2, -0.15) is 0 Å².